The lowest BCUT2D eigenvalue weighted by atomic mass is 9.76. The van der Waals surface area contributed by atoms with E-state index < -0.39 is 29.3 Å². The average Bonchev–Trinajstić information content (AvgIpc) is 2.12. The Balaban J connectivity index is 4.97. The van der Waals surface area contributed by atoms with Gasteiger partial charge in [0, 0.05) is 7.05 Å². The van der Waals surface area contributed by atoms with Gasteiger partial charge in [0.2, 0.25) is 0 Å². The molecule has 0 fully saturated rings. The number of nitrogens with zero attached hydrogens (tertiary/aromatic N) is 1. The molecule has 94 valence electrons. The average molecular weight is 232 g/mol. The molecule has 6 heteroatoms. The summed E-state index contributed by atoms with van der Waals surface area (Å²) in [6.45, 7) is 5.18. The van der Waals surface area contributed by atoms with E-state index in [0.29, 0.717) is 0 Å². The Labute approximate surface area is 95.3 Å². The van der Waals surface area contributed by atoms with Crippen LogP contribution in [0.1, 0.15) is 20.8 Å². The maximum Gasteiger partial charge on any atom is 0.309 e. The number of hydrogen-bond acceptors (Lipinski definition) is 4. The summed E-state index contributed by atoms with van der Waals surface area (Å²) in [5.74, 6) is -2.60. The molecule has 6 nitrogen and oxygen atoms in total. The fourth-order valence-corrected chi connectivity index (χ4v) is 1.51. The zero-order valence-corrected chi connectivity index (χ0v) is 10.4. The van der Waals surface area contributed by atoms with Crippen LogP contribution in [0.3, 0.4) is 0 Å². The van der Waals surface area contributed by atoms with E-state index >= 15 is 0 Å². The minimum Gasteiger partial charge on any atom is -0.481 e. The minimum absolute atomic E-state index is 0.551. The molecule has 0 aromatic heterocycles. The van der Waals surface area contributed by atoms with Crippen LogP contribution in [0, 0.1) is 11.3 Å². The fraction of sp³-hybridized carbons (Fsp3) is 0.800. The van der Waals surface area contributed by atoms with Crippen LogP contribution in [0.2, 0.25) is 0 Å². The molecule has 0 aromatic rings. The van der Waals surface area contributed by atoms with Crippen molar-refractivity contribution in [2.45, 2.75) is 26.8 Å². The van der Waals surface area contributed by atoms with Crippen molar-refractivity contribution < 1.29 is 19.5 Å². The van der Waals surface area contributed by atoms with E-state index in [9.17, 15) is 9.59 Å². The Morgan fingerprint density at radius 3 is 2.06 bits per heavy atom. The Bertz CT molecular complexity index is 272. The zero-order valence-electron chi connectivity index (χ0n) is 10.4. The molecule has 0 radical (unpaired) electrons. The molecule has 2 atom stereocenters. The Kier molecular flexibility index (Phi) is 4.89. The fourth-order valence-electron chi connectivity index (χ4n) is 1.51. The lowest BCUT2D eigenvalue weighted by Gasteiger charge is -2.32. The normalized spacial score (nSPS) is 15.4. The first kappa shape index (κ1) is 14.9. The van der Waals surface area contributed by atoms with E-state index in [2.05, 4.69) is 4.84 Å². The smallest absolute Gasteiger partial charge is 0.309 e. The third kappa shape index (κ3) is 3.46. The van der Waals surface area contributed by atoms with Crippen LogP contribution in [-0.2, 0) is 14.4 Å². The highest BCUT2D eigenvalue weighted by Crippen LogP contribution is 2.28. The molecule has 0 heterocycles. The van der Waals surface area contributed by atoms with Crippen LogP contribution in [0.5, 0.6) is 0 Å². The van der Waals surface area contributed by atoms with Gasteiger partial charge in [-0.05, 0) is 5.41 Å². The van der Waals surface area contributed by atoms with E-state index in [0.717, 1.165) is 5.06 Å². The van der Waals surface area contributed by atoms with Crippen molar-refractivity contribution in [3.8, 4) is 0 Å². The number of likely N-dealkylation sites (N-methyl/N-ethyl adjacent to an activating group) is 1. The highest BCUT2D eigenvalue weighted by atomic mass is 16.7. The molecule has 0 rings (SSSR count). The summed E-state index contributed by atoms with van der Waals surface area (Å²) < 4.78 is 0. The number of hydrogen-bond donors (Lipinski definition) is 2. The second-order valence-electron chi connectivity index (χ2n) is 4.73. The largest absolute Gasteiger partial charge is 0.481 e. The van der Waals surface area contributed by atoms with Gasteiger partial charge in [0.1, 0.15) is 6.04 Å². The van der Waals surface area contributed by atoms with Crippen molar-refractivity contribution in [2.24, 2.45) is 17.1 Å². The summed E-state index contributed by atoms with van der Waals surface area (Å²) in [6.07, 6.45) is 0. The van der Waals surface area contributed by atoms with Crippen LogP contribution in [-0.4, -0.2) is 42.2 Å². The van der Waals surface area contributed by atoms with Crippen LogP contribution in [0.15, 0.2) is 0 Å². The van der Waals surface area contributed by atoms with Crippen molar-refractivity contribution in [3.05, 3.63) is 0 Å². The predicted octanol–water partition coefficient (Wildman–Crippen LogP) is 0.0804. The molecule has 0 saturated carbocycles. The molecule has 0 saturated heterocycles. The first-order valence-corrected chi connectivity index (χ1v) is 4.93. The van der Waals surface area contributed by atoms with E-state index in [1.54, 1.807) is 20.8 Å². The highest BCUT2D eigenvalue weighted by molar-refractivity contribution is 5.87. The first-order valence-electron chi connectivity index (χ1n) is 4.93. The van der Waals surface area contributed by atoms with Gasteiger partial charge in [-0.15, -0.1) is 0 Å². The maximum atomic E-state index is 11.7. The molecule has 0 aliphatic rings. The van der Waals surface area contributed by atoms with E-state index in [4.69, 9.17) is 10.8 Å². The standard InChI is InChI=1S/C10H20N2O4/c1-10(2,3)6(9(14)15)7(11)8(13)12(4)16-5/h6-7H,11H2,1-5H3,(H,14,15)/t6?,7-/m0/s1. The monoisotopic (exact) mass is 232 g/mol. The second kappa shape index (κ2) is 5.27. The topological polar surface area (TPSA) is 92.9 Å². The molecular weight excluding hydrogens is 212 g/mol. The maximum absolute atomic E-state index is 11.7. The lowest BCUT2D eigenvalue weighted by molar-refractivity contribution is -0.175. The van der Waals surface area contributed by atoms with Crippen molar-refractivity contribution in [1.82, 2.24) is 5.06 Å². The molecule has 0 aliphatic heterocycles. The number of amides is 1. The minimum atomic E-state index is -1.12. The number of aliphatic carboxylic acids is 1. The Morgan fingerprint density at radius 1 is 1.38 bits per heavy atom. The van der Waals surface area contributed by atoms with Gasteiger partial charge in [-0.2, -0.15) is 0 Å². The van der Waals surface area contributed by atoms with E-state index in [1.165, 1.54) is 14.2 Å². The zero-order chi connectivity index (χ0) is 13.1. The Hall–Kier alpha value is -1.14. The van der Waals surface area contributed by atoms with Crippen molar-refractivity contribution >= 4 is 11.9 Å². The summed E-state index contributed by atoms with van der Waals surface area (Å²) in [7, 11) is 2.71. The summed E-state index contributed by atoms with van der Waals surface area (Å²) >= 11 is 0. The Morgan fingerprint density at radius 2 is 1.81 bits per heavy atom. The third-order valence-electron chi connectivity index (χ3n) is 2.43. The molecule has 0 aromatic carbocycles. The van der Waals surface area contributed by atoms with Gasteiger partial charge in [0.25, 0.3) is 5.91 Å². The molecule has 3 N–H and O–H groups in total. The third-order valence-corrected chi connectivity index (χ3v) is 2.43. The lowest BCUT2D eigenvalue weighted by Crippen LogP contribution is -2.52. The van der Waals surface area contributed by atoms with Crippen LogP contribution < -0.4 is 5.73 Å². The van der Waals surface area contributed by atoms with Gasteiger partial charge in [-0.3, -0.25) is 14.4 Å². The quantitative estimate of drug-likeness (QED) is 0.670. The van der Waals surface area contributed by atoms with E-state index in [-0.39, 0.29) is 0 Å². The summed E-state index contributed by atoms with van der Waals surface area (Å²) in [4.78, 5) is 27.5. The van der Waals surface area contributed by atoms with Crippen molar-refractivity contribution in [2.75, 3.05) is 14.2 Å². The van der Waals surface area contributed by atoms with Gasteiger partial charge < -0.3 is 10.8 Å². The van der Waals surface area contributed by atoms with E-state index in [1.807, 2.05) is 0 Å². The predicted molar refractivity (Wildman–Crippen MR) is 58.3 cm³/mol. The number of carboxylic acids is 1. The molecule has 0 aliphatic carbocycles. The van der Waals surface area contributed by atoms with Gasteiger partial charge >= 0.3 is 5.97 Å². The molecule has 1 unspecified atom stereocenters. The number of rotatable bonds is 4. The summed E-state index contributed by atoms with van der Waals surface area (Å²) in [6, 6.07) is -1.12. The molecule has 16 heavy (non-hydrogen) atoms. The molecule has 0 spiro atoms. The summed E-state index contributed by atoms with van der Waals surface area (Å²) in [5, 5.41) is 10.0. The van der Waals surface area contributed by atoms with Crippen molar-refractivity contribution in [1.29, 1.82) is 0 Å². The number of carbonyl (C=O) groups excluding carboxylic acids is 1. The SMILES string of the molecule is CON(C)C(=O)[C@@H](N)C(C(=O)O)C(C)(C)C. The molecule has 0 bridgehead atoms. The molecular formula is C10H20N2O4. The summed E-state index contributed by atoms with van der Waals surface area (Å²) in [5.41, 5.74) is 5.07. The van der Waals surface area contributed by atoms with Gasteiger partial charge in [0.05, 0.1) is 13.0 Å². The molecule has 1 amide bonds. The highest BCUT2D eigenvalue weighted by Gasteiger charge is 2.40. The van der Waals surface area contributed by atoms with Crippen LogP contribution in [0.25, 0.3) is 0 Å². The number of carbonyl (C=O) groups is 2. The van der Waals surface area contributed by atoms with Gasteiger partial charge in [-0.25, -0.2) is 5.06 Å². The van der Waals surface area contributed by atoms with Gasteiger partial charge in [0.15, 0.2) is 0 Å². The van der Waals surface area contributed by atoms with Crippen molar-refractivity contribution in [3.63, 3.8) is 0 Å². The number of carboxylic acid groups (broad SMARTS) is 1. The first-order chi connectivity index (χ1) is 7.12. The number of nitrogens with two attached hydrogens (primary N) is 1. The van der Waals surface area contributed by atoms with Crippen LogP contribution >= 0.6 is 0 Å². The second-order valence-corrected chi connectivity index (χ2v) is 4.73. The van der Waals surface area contributed by atoms with Gasteiger partial charge in [-0.1, -0.05) is 20.8 Å². The van der Waals surface area contributed by atoms with Crippen LogP contribution in [0.4, 0.5) is 0 Å². The number of hydroxylamine groups is 2.